The fraction of sp³-hybridized carbons (Fsp3) is 0.480. The monoisotopic (exact) mass is 1040 g/mol. The topological polar surface area (TPSA) is 179 Å². The van der Waals surface area contributed by atoms with Crippen molar-refractivity contribution in [3.8, 4) is 11.8 Å². The summed E-state index contributed by atoms with van der Waals surface area (Å²) in [6.45, 7) is 12.5. The summed E-state index contributed by atoms with van der Waals surface area (Å²) >= 11 is 5.86. The van der Waals surface area contributed by atoms with Crippen LogP contribution in [0.2, 0.25) is 5.15 Å². The van der Waals surface area contributed by atoms with Crippen LogP contribution in [0.15, 0.2) is 83.0 Å². The fourth-order valence-electron chi connectivity index (χ4n) is 9.12. The van der Waals surface area contributed by atoms with Crippen LogP contribution < -0.4 is 20.5 Å². The first-order valence-corrected chi connectivity index (χ1v) is 25.0. The summed E-state index contributed by atoms with van der Waals surface area (Å²) in [4.78, 5) is 42.6. The molecule has 4 saturated heterocycles. The highest BCUT2D eigenvalue weighted by Gasteiger charge is 2.38. The number of halogens is 5. The van der Waals surface area contributed by atoms with E-state index in [9.17, 15) is 27.2 Å². The van der Waals surface area contributed by atoms with Crippen LogP contribution in [-0.2, 0) is 9.47 Å². The number of hydrazone groups is 2. The van der Waals surface area contributed by atoms with E-state index < -0.39 is 35.4 Å². The third-order valence-electron chi connectivity index (χ3n) is 12.8. The summed E-state index contributed by atoms with van der Waals surface area (Å²) in [7, 11) is 0. The van der Waals surface area contributed by atoms with E-state index in [2.05, 4.69) is 35.3 Å². The molecule has 23 heteroatoms. The van der Waals surface area contributed by atoms with E-state index in [1.54, 1.807) is 46.5 Å². The van der Waals surface area contributed by atoms with Crippen LogP contribution in [0.3, 0.4) is 0 Å². The van der Waals surface area contributed by atoms with Crippen molar-refractivity contribution in [3.05, 3.63) is 112 Å². The minimum absolute atomic E-state index is 0.207. The van der Waals surface area contributed by atoms with Crippen LogP contribution >= 0.6 is 11.6 Å². The van der Waals surface area contributed by atoms with Gasteiger partial charge < -0.3 is 39.8 Å². The second kappa shape index (κ2) is 26.2. The molecular weight excluding hydrogens is 976 g/mol. The number of nitrogens with zero attached hydrogens (tertiary/aromatic N) is 10. The van der Waals surface area contributed by atoms with Gasteiger partial charge in [0.1, 0.15) is 46.4 Å². The summed E-state index contributed by atoms with van der Waals surface area (Å²) in [6.07, 6.45) is 4.83. The molecule has 3 N–H and O–H groups in total. The lowest BCUT2D eigenvalue weighted by atomic mass is 10.0. The predicted octanol–water partition coefficient (Wildman–Crippen LogP) is 6.41. The normalized spacial score (nSPS) is 21.9. The zero-order valence-electron chi connectivity index (χ0n) is 40.4. The number of morpholine rings is 2. The number of carbonyl (C=O) groups is 2. The van der Waals surface area contributed by atoms with Crippen LogP contribution in [0, 0.1) is 23.3 Å². The van der Waals surface area contributed by atoms with E-state index in [1.165, 1.54) is 34.3 Å². The number of ether oxygens (including phenoxy) is 4. The van der Waals surface area contributed by atoms with Crippen molar-refractivity contribution in [2.24, 2.45) is 15.9 Å². The van der Waals surface area contributed by atoms with Crippen LogP contribution in [0.4, 0.5) is 33.0 Å². The van der Waals surface area contributed by atoms with E-state index in [-0.39, 0.29) is 24.3 Å². The van der Waals surface area contributed by atoms with Gasteiger partial charge in [0.05, 0.1) is 51.6 Å². The number of anilines is 1. The molecule has 73 heavy (non-hydrogen) atoms. The number of rotatable bonds is 12. The molecule has 4 fully saturated rings. The number of pyridine rings is 2. The van der Waals surface area contributed by atoms with Gasteiger partial charge in [-0.1, -0.05) is 23.7 Å². The Morgan fingerprint density at radius 1 is 0.644 bits per heavy atom. The van der Waals surface area contributed by atoms with Gasteiger partial charge in [0.2, 0.25) is 11.8 Å². The van der Waals surface area contributed by atoms with E-state index in [0.717, 1.165) is 96.7 Å². The molecule has 0 bridgehead atoms. The molecule has 6 aliphatic heterocycles. The number of carbonyl (C=O) groups excluding carboxylic acids is 2. The van der Waals surface area contributed by atoms with Crippen molar-refractivity contribution in [1.82, 2.24) is 39.6 Å². The van der Waals surface area contributed by atoms with Crippen LogP contribution in [0.25, 0.3) is 0 Å². The van der Waals surface area contributed by atoms with Gasteiger partial charge in [-0.15, -0.1) is 0 Å². The molecule has 0 aliphatic carbocycles. The zero-order chi connectivity index (χ0) is 51.1. The average molecular weight is 1040 g/mol. The molecule has 8 heterocycles. The van der Waals surface area contributed by atoms with E-state index in [0.29, 0.717) is 79.9 Å². The highest BCUT2D eigenvalue weighted by atomic mass is 35.5. The van der Waals surface area contributed by atoms with Gasteiger partial charge in [-0.3, -0.25) is 9.80 Å². The second-order valence-electron chi connectivity index (χ2n) is 18.0. The quantitative estimate of drug-likeness (QED) is 0.118. The Kier molecular flexibility index (Phi) is 19.0. The fourth-order valence-corrected chi connectivity index (χ4v) is 9.28. The van der Waals surface area contributed by atoms with E-state index in [4.69, 9.17) is 36.3 Å². The van der Waals surface area contributed by atoms with Crippen LogP contribution in [-0.4, -0.2) is 181 Å². The van der Waals surface area contributed by atoms with Crippen molar-refractivity contribution >= 4 is 41.9 Å². The van der Waals surface area contributed by atoms with Crippen LogP contribution in [0.5, 0.6) is 11.8 Å². The number of amides is 4. The Morgan fingerprint density at radius 3 is 1.59 bits per heavy atom. The van der Waals surface area contributed by atoms with Crippen molar-refractivity contribution in [3.63, 3.8) is 0 Å². The van der Waals surface area contributed by atoms with E-state index >= 15 is 0 Å². The summed E-state index contributed by atoms with van der Waals surface area (Å²) in [5.41, 5.74) is 6.13. The maximum Gasteiger partial charge on any atom is 0.341 e. The molecule has 0 radical (unpaired) electrons. The molecule has 392 valence electrons. The lowest BCUT2D eigenvalue weighted by Gasteiger charge is -2.27. The molecule has 4 amide bonds. The number of benzene rings is 2. The minimum Gasteiger partial charge on any atom is -0.472 e. The zero-order valence-corrected chi connectivity index (χ0v) is 41.2. The van der Waals surface area contributed by atoms with Crippen LogP contribution in [0.1, 0.15) is 48.9 Å². The van der Waals surface area contributed by atoms with Gasteiger partial charge in [-0.25, -0.2) is 42.2 Å². The van der Waals surface area contributed by atoms with Gasteiger partial charge in [0.15, 0.2) is 0 Å². The predicted molar refractivity (Wildman–Crippen MR) is 266 cm³/mol. The third kappa shape index (κ3) is 15.2. The minimum atomic E-state index is -0.682. The highest BCUT2D eigenvalue weighted by Crippen LogP contribution is 2.33. The number of likely N-dealkylation sites (tertiary alicyclic amines) is 2. The van der Waals surface area contributed by atoms with Crippen molar-refractivity contribution < 1.29 is 46.1 Å². The molecule has 6 aliphatic rings. The summed E-state index contributed by atoms with van der Waals surface area (Å²) in [5, 5.41) is 14.5. The Morgan fingerprint density at radius 2 is 1.11 bits per heavy atom. The Bertz CT molecular complexity index is 2480. The van der Waals surface area contributed by atoms with Gasteiger partial charge in [-0.2, -0.15) is 15.2 Å². The van der Waals surface area contributed by atoms with Crippen molar-refractivity contribution in [2.45, 2.75) is 50.0 Å². The molecule has 0 saturated carbocycles. The smallest absolute Gasteiger partial charge is 0.341 e. The maximum atomic E-state index is 13.7. The largest absolute Gasteiger partial charge is 0.472 e. The Labute approximate surface area is 426 Å². The second-order valence-corrected chi connectivity index (χ2v) is 18.4. The number of hydrogen-bond donors (Lipinski definition) is 2. The first-order valence-electron chi connectivity index (χ1n) is 24.6. The SMILES string of the molecule is NCCN1CCOCC1.O=C(N1CC[C@@H](Oc2cccc(Cl)n2)C1)N1N=CC[C@H]1c1cc(F)cc(F)c1.O=C(N1CC[C@@H](Oc2cccc(NCCN3CCOCC3)n2)C1)N1N=CC[C@H]1c1cc(F)cc(F)c1. The maximum absolute atomic E-state index is 13.7. The van der Waals surface area contributed by atoms with Crippen molar-refractivity contribution in [2.75, 3.05) is 110 Å². The first kappa shape index (κ1) is 53.1. The first-order chi connectivity index (χ1) is 35.5. The molecule has 0 unspecified atom stereocenters. The van der Waals surface area contributed by atoms with Gasteiger partial charge in [-0.05, 0) is 47.5 Å². The number of urea groups is 2. The molecule has 2 aromatic carbocycles. The molecule has 2 aromatic heterocycles. The molecule has 18 nitrogen and oxygen atoms in total. The van der Waals surface area contributed by atoms with Crippen molar-refractivity contribution in [1.29, 1.82) is 0 Å². The molecule has 4 atom stereocenters. The number of nitrogens with one attached hydrogen (secondary N) is 1. The van der Waals surface area contributed by atoms with Gasteiger partial charge in [0, 0.05) is 128 Å². The summed E-state index contributed by atoms with van der Waals surface area (Å²) < 4.78 is 77.0. The lowest BCUT2D eigenvalue weighted by Crippen LogP contribution is -2.40. The molecule has 4 aromatic rings. The molecule has 0 spiro atoms. The summed E-state index contributed by atoms with van der Waals surface area (Å²) in [5.74, 6) is -1.08. The van der Waals surface area contributed by atoms with Gasteiger partial charge in [0.25, 0.3) is 0 Å². The number of aromatic nitrogens is 2. The summed E-state index contributed by atoms with van der Waals surface area (Å²) in [6, 6.07) is 15.5. The highest BCUT2D eigenvalue weighted by molar-refractivity contribution is 6.29. The third-order valence-corrected chi connectivity index (χ3v) is 13.0. The van der Waals surface area contributed by atoms with Gasteiger partial charge >= 0.3 is 12.1 Å². The Hall–Kier alpha value is -6.17. The lowest BCUT2D eigenvalue weighted by molar-refractivity contribution is 0.0394. The number of nitrogens with two attached hydrogens (primary N) is 1. The Balaban J connectivity index is 0.000000170. The average Bonchev–Trinajstić information content (AvgIpc) is 4.24. The molecule has 10 rings (SSSR count). The standard InChI is InChI=1S/C25H30F2N6O3.C19H17ClF2N4O2.C6H14N2O/c26-19-14-18(15-20(27)16-19)22-4-6-29-33(22)25(34)32-8-5-21(17-32)36-24-3-1-2-23(30-24)28-7-9-31-10-12-35-13-11-31;20-17-2-1-3-18(24-17)28-15-5-7-25(11-15)19(27)26-16(4-6-23-26)12-8-13(21)10-14(22)9-12;7-1-2-8-3-5-9-6-4-8/h1-3,6,14-16,21-22H,4-5,7-13,17H2,(H,28,30);1-3,6,8-10,15-16H,4-5,7,11H2;1-7H2/t21-,22+;15-,16+;/m11./s1. The molecular formula is C50H61ClF4N12O6. The van der Waals surface area contributed by atoms with E-state index in [1.807, 2.05) is 12.1 Å². The number of hydrogen-bond acceptors (Lipinski definition) is 14.